The molecule has 0 bridgehead atoms. The molecule has 2 aliphatic rings. The molecule has 1 atom stereocenters. The van der Waals surface area contributed by atoms with Gasteiger partial charge >= 0.3 is 12.0 Å². The molecule has 0 spiro atoms. The van der Waals surface area contributed by atoms with E-state index in [0.29, 0.717) is 32.2 Å². The quantitative estimate of drug-likeness (QED) is 0.788. The van der Waals surface area contributed by atoms with Gasteiger partial charge in [0.2, 0.25) is 0 Å². The van der Waals surface area contributed by atoms with Crippen LogP contribution in [0.1, 0.15) is 6.92 Å². The van der Waals surface area contributed by atoms with Crippen LogP contribution in [0.3, 0.4) is 0 Å². The van der Waals surface area contributed by atoms with Crippen molar-refractivity contribution < 1.29 is 14.7 Å². The Balaban J connectivity index is 1.83. The summed E-state index contributed by atoms with van der Waals surface area (Å²) < 4.78 is 0. The summed E-state index contributed by atoms with van der Waals surface area (Å²) in [5, 5.41) is 8.75. The van der Waals surface area contributed by atoms with Crippen LogP contribution in [0, 0.1) is 0 Å². The number of hydrogen-bond acceptors (Lipinski definition) is 4. The Morgan fingerprint density at radius 3 is 2.47 bits per heavy atom. The molecule has 19 heavy (non-hydrogen) atoms. The van der Waals surface area contributed by atoms with E-state index in [1.807, 2.05) is 26.5 Å². The Kier molecular flexibility index (Phi) is 4.93. The number of nitrogens with zero attached hydrogens (tertiary/aromatic N) is 3. The van der Waals surface area contributed by atoms with E-state index in [1.54, 1.807) is 0 Å². The lowest BCUT2D eigenvalue weighted by Crippen LogP contribution is -2.56. The number of carbonyl (C=O) groups is 2. The highest BCUT2D eigenvalue weighted by molar-refractivity contribution is 7.99. The number of rotatable bonds is 2. The van der Waals surface area contributed by atoms with Crippen molar-refractivity contribution in [2.75, 3.05) is 50.8 Å². The largest absolute Gasteiger partial charge is 0.480 e. The fraction of sp³-hybridized carbons (Fsp3) is 0.833. The van der Waals surface area contributed by atoms with Crippen LogP contribution in [0.5, 0.6) is 0 Å². The third-order valence-electron chi connectivity index (χ3n) is 3.62. The van der Waals surface area contributed by atoms with Gasteiger partial charge in [0, 0.05) is 50.3 Å². The number of thioether (sulfide) groups is 1. The van der Waals surface area contributed by atoms with Gasteiger partial charge in [0.05, 0.1) is 6.54 Å². The second-order valence-corrected chi connectivity index (χ2v) is 6.21. The molecule has 7 heteroatoms. The molecular weight excluding hydrogens is 266 g/mol. The van der Waals surface area contributed by atoms with Crippen molar-refractivity contribution in [2.24, 2.45) is 0 Å². The van der Waals surface area contributed by atoms with Gasteiger partial charge < -0.3 is 14.9 Å². The van der Waals surface area contributed by atoms with E-state index >= 15 is 0 Å². The van der Waals surface area contributed by atoms with Crippen molar-refractivity contribution in [3.05, 3.63) is 0 Å². The Morgan fingerprint density at radius 2 is 1.89 bits per heavy atom. The Morgan fingerprint density at radius 1 is 1.21 bits per heavy atom. The van der Waals surface area contributed by atoms with Gasteiger partial charge in [-0.2, -0.15) is 11.8 Å². The third kappa shape index (κ3) is 3.76. The zero-order valence-electron chi connectivity index (χ0n) is 11.2. The zero-order valence-corrected chi connectivity index (χ0v) is 12.1. The maximum Gasteiger partial charge on any atom is 0.320 e. The smallest absolute Gasteiger partial charge is 0.320 e. The van der Waals surface area contributed by atoms with Crippen molar-refractivity contribution in [1.29, 1.82) is 0 Å². The van der Waals surface area contributed by atoms with Crippen LogP contribution in [-0.4, -0.2) is 88.6 Å². The summed E-state index contributed by atoms with van der Waals surface area (Å²) in [6.45, 7) is 5.53. The first-order chi connectivity index (χ1) is 9.08. The molecule has 2 amide bonds. The molecule has 0 aromatic rings. The minimum atomic E-state index is -0.804. The van der Waals surface area contributed by atoms with Crippen LogP contribution in [0.4, 0.5) is 4.79 Å². The van der Waals surface area contributed by atoms with Crippen molar-refractivity contribution in [3.63, 3.8) is 0 Å². The van der Waals surface area contributed by atoms with Gasteiger partial charge in [-0.15, -0.1) is 0 Å². The summed E-state index contributed by atoms with van der Waals surface area (Å²) in [4.78, 5) is 28.7. The zero-order chi connectivity index (χ0) is 13.8. The number of carboxylic acid groups (broad SMARTS) is 1. The minimum absolute atomic E-state index is 0.0682. The number of piperazine rings is 1. The molecule has 2 aliphatic heterocycles. The summed E-state index contributed by atoms with van der Waals surface area (Å²) in [6, 6.07) is 0.408. The molecule has 0 saturated carbocycles. The first-order valence-corrected chi connectivity index (χ1v) is 7.81. The maximum absolute atomic E-state index is 12.4. The van der Waals surface area contributed by atoms with Crippen molar-refractivity contribution in [3.8, 4) is 0 Å². The summed E-state index contributed by atoms with van der Waals surface area (Å²) in [6.07, 6.45) is 0. The number of carboxylic acids is 1. The first-order valence-electron chi connectivity index (χ1n) is 6.65. The molecular formula is C12H21N3O3S. The molecule has 2 fully saturated rings. The number of hydrogen-bond donors (Lipinski definition) is 1. The highest BCUT2D eigenvalue weighted by Gasteiger charge is 2.29. The molecule has 1 unspecified atom stereocenters. The molecule has 0 aliphatic carbocycles. The highest BCUT2D eigenvalue weighted by atomic mass is 32.2. The van der Waals surface area contributed by atoms with Crippen LogP contribution in [0.15, 0.2) is 0 Å². The fourth-order valence-corrected chi connectivity index (χ4v) is 3.50. The first kappa shape index (κ1) is 14.5. The minimum Gasteiger partial charge on any atom is -0.480 e. The Hall–Kier alpha value is -0.950. The van der Waals surface area contributed by atoms with Gasteiger partial charge in [0.1, 0.15) is 0 Å². The predicted molar refractivity (Wildman–Crippen MR) is 74.5 cm³/mol. The lowest BCUT2D eigenvalue weighted by molar-refractivity contribution is -0.138. The summed E-state index contributed by atoms with van der Waals surface area (Å²) >= 11 is 1.89. The van der Waals surface area contributed by atoms with Crippen molar-refractivity contribution in [2.45, 2.75) is 13.0 Å². The fourth-order valence-electron chi connectivity index (χ4n) is 2.48. The Bertz CT molecular complexity index is 345. The molecule has 0 aromatic heterocycles. The number of urea groups is 1. The van der Waals surface area contributed by atoms with Gasteiger partial charge in [-0.3, -0.25) is 9.69 Å². The van der Waals surface area contributed by atoms with Gasteiger partial charge in [0.25, 0.3) is 0 Å². The maximum atomic E-state index is 12.4. The summed E-state index contributed by atoms with van der Waals surface area (Å²) in [7, 11) is 0. The Labute approximate surface area is 117 Å². The van der Waals surface area contributed by atoms with Crippen LogP contribution >= 0.6 is 11.8 Å². The molecule has 108 valence electrons. The van der Waals surface area contributed by atoms with Crippen molar-refractivity contribution >= 4 is 23.8 Å². The van der Waals surface area contributed by atoms with Crippen molar-refractivity contribution in [1.82, 2.24) is 14.7 Å². The van der Waals surface area contributed by atoms with E-state index < -0.39 is 5.97 Å². The SMILES string of the molecule is CC1CSCCN1C(=O)N1CCN(CC(=O)O)CC1. The third-order valence-corrected chi connectivity index (χ3v) is 4.80. The highest BCUT2D eigenvalue weighted by Crippen LogP contribution is 2.18. The molecule has 1 N–H and O–H groups in total. The molecule has 6 nitrogen and oxygen atoms in total. The van der Waals surface area contributed by atoms with E-state index in [9.17, 15) is 9.59 Å². The van der Waals surface area contributed by atoms with Crippen LogP contribution < -0.4 is 0 Å². The molecule has 2 saturated heterocycles. The predicted octanol–water partition coefficient (Wildman–Crippen LogP) is 0.246. The average Bonchev–Trinajstić information content (AvgIpc) is 2.39. The van der Waals surface area contributed by atoms with E-state index in [-0.39, 0.29) is 12.6 Å². The molecule has 0 radical (unpaired) electrons. The lowest BCUT2D eigenvalue weighted by Gasteiger charge is -2.40. The van der Waals surface area contributed by atoms with E-state index in [2.05, 4.69) is 6.92 Å². The average molecular weight is 287 g/mol. The van der Waals surface area contributed by atoms with Gasteiger partial charge in [-0.1, -0.05) is 0 Å². The second kappa shape index (κ2) is 6.47. The van der Waals surface area contributed by atoms with Gasteiger partial charge in [-0.05, 0) is 6.92 Å². The number of carbonyl (C=O) groups excluding carboxylic acids is 1. The lowest BCUT2D eigenvalue weighted by atomic mass is 10.3. The summed E-state index contributed by atoms with van der Waals surface area (Å²) in [5.41, 5.74) is 0. The van der Waals surface area contributed by atoms with Crippen LogP contribution in [0.2, 0.25) is 0 Å². The monoisotopic (exact) mass is 287 g/mol. The van der Waals surface area contributed by atoms with Crippen LogP contribution in [-0.2, 0) is 4.79 Å². The van der Waals surface area contributed by atoms with E-state index in [4.69, 9.17) is 5.11 Å². The standard InChI is InChI=1S/C12H21N3O3S/c1-10-9-19-7-6-15(10)12(18)14-4-2-13(3-5-14)8-11(16)17/h10H,2-9H2,1H3,(H,16,17). The molecule has 2 heterocycles. The molecule has 0 aromatic carbocycles. The molecule has 2 rings (SSSR count). The van der Waals surface area contributed by atoms with E-state index in [1.165, 1.54) is 0 Å². The number of amides is 2. The summed E-state index contributed by atoms with van der Waals surface area (Å²) in [5.74, 6) is 1.21. The normalized spacial score (nSPS) is 25.4. The number of aliphatic carboxylic acids is 1. The van der Waals surface area contributed by atoms with E-state index in [0.717, 1.165) is 18.1 Å². The second-order valence-electron chi connectivity index (χ2n) is 5.06. The van der Waals surface area contributed by atoms with Gasteiger partial charge in [-0.25, -0.2) is 4.79 Å². The van der Waals surface area contributed by atoms with Gasteiger partial charge in [0.15, 0.2) is 0 Å². The van der Waals surface area contributed by atoms with Crippen LogP contribution in [0.25, 0.3) is 0 Å². The topological polar surface area (TPSA) is 64.1 Å².